The topological polar surface area (TPSA) is 105 Å². The highest BCUT2D eigenvalue weighted by molar-refractivity contribution is 9.10. The van der Waals surface area contributed by atoms with Gasteiger partial charge in [0.15, 0.2) is 11.5 Å². The van der Waals surface area contributed by atoms with Crippen LogP contribution in [0, 0.1) is 0 Å². The van der Waals surface area contributed by atoms with Gasteiger partial charge in [-0.25, -0.2) is 8.42 Å². The fourth-order valence-electron chi connectivity index (χ4n) is 4.13. The average Bonchev–Trinajstić information content (AvgIpc) is 2.93. The smallest absolute Gasteiger partial charge is 0.264 e. The van der Waals surface area contributed by atoms with Crippen LogP contribution < -0.4 is 19.1 Å². The summed E-state index contributed by atoms with van der Waals surface area (Å²) in [5.74, 6) is -0.383. The van der Waals surface area contributed by atoms with Gasteiger partial charge in [-0.3, -0.25) is 13.9 Å². The summed E-state index contributed by atoms with van der Waals surface area (Å²) in [6.45, 7) is 6.63. The molecule has 3 rings (SSSR count). The van der Waals surface area contributed by atoms with Crippen molar-refractivity contribution in [2.45, 2.75) is 50.7 Å². The molecule has 0 radical (unpaired) electrons. The van der Waals surface area contributed by atoms with Gasteiger partial charge in [-0.1, -0.05) is 39.7 Å². The van der Waals surface area contributed by atoms with E-state index in [0.717, 1.165) is 14.3 Å². The Labute approximate surface area is 260 Å². The van der Waals surface area contributed by atoms with Crippen molar-refractivity contribution in [3.8, 4) is 11.5 Å². The van der Waals surface area contributed by atoms with Crippen LogP contribution in [0.1, 0.15) is 33.3 Å². The zero-order valence-electron chi connectivity index (χ0n) is 24.4. The molecule has 1 N–H and O–H groups in total. The molecule has 226 valence electrons. The Kier molecular flexibility index (Phi) is 10.9. The number of rotatable bonds is 11. The summed E-state index contributed by atoms with van der Waals surface area (Å²) in [5, 5.41) is 3.31. The third kappa shape index (κ3) is 8.39. The van der Waals surface area contributed by atoms with Gasteiger partial charge in [-0.15, -0.1) is 0 Å². The zero-order valence-corrected chi connectivity index (χ0v) is 27.5. The number of halogens is 2. The van der Waals surface area contributed by atoms with E-state index >= 15 is 0 Å². The van der Waals surface area contributed by atoms with Gasteiger partial charge in [0.25, 0.3) is 10.0 Å². The largest absolute Gasteiger partial charge is 0.493 e. The summed E-state index contributed by atoms with van der Waals surface area (Å²) >= 11 is 9.53. The lowest BCUT2D eigenvalue weighted by molar-refractivity contribution is -0.140. The molecule has 0 aliphatic heterocycles. The molecule has 12 heteroatoms. The fourth-order valence-corrected chi connectivity index (χ4v) is 6.13. The average molecular weight is 681 g/mol. The van der Waals surface area contributed by atoms with Crippen LogP contribution in [0.4, 0.5) is 5.69 Å². The number of methoxy groups -OCH3 is 2. The van der Waals surface area contributed by atoms with Gasteiger partial charge in [0.05, 0.1) is 24.8 Å². The van der Waals surface area contributed by atoms with E-state index in [9.17, 15) is 18.0 Å². The number of carbonyl (C=O) groups is 2. The number of benzene rings is 3. The Morgan fingerprint density at radius 3 is 2.19 bits per heavy atom. The molecule has 3 aromatic carbocycles. The van der Waals surface area contributed by atoms with Crippen LogP contribution >= 0.6 is 27.5 Å². The van der Waals surface area contributed by atoms with E-state index in [1.54, 1.807) is 6.92 Å². The molecule has 3 aromatic rings. The van der Waals surface area contributed by atoms with E-state index in [2.05, 4.69) is 21.2 Å². The molecule has 42 heavy (non-hydrogen) atoms. The van der Waals surface area contributed by atoms with Gasteiger partial charge in [-0.05, 0) is 81.8 Å². The molecule has 0 spiro atoms. The van der Waals surface area contributed by atoms with Gasteiger partial charge < -0.3 is 19.7 Å². The molecule has 0 aromatic heterocycles. The second-order valence-electron chi connectivity index (χ2n) is 10.6. The Morgan fingerprint density at radius 1 is 0.976 bits per heavy atom. The predicted molar refractivity (Wildman–Crippen MR) is 168 cm³/mol. The van der Waals surface area contributed by atoms with E-state index < -0.39 is 34.1 Å². The second-order valence-corrected chi connectivity index (χ2v) is 13.8. The van der Waals surface area contributed by atoms with Crippen molar-refractivity contribution in [3.05, 3.63) is 81.8 Å². The minimum Gasteiger partial charge on any atom is -0.493 e. The van der Waals surface area contributed by atoms with Crippen molar-refractivity contribution in [2.75, 3.05) is 25.1 Å². The van der Waals surface area contributed by atoms with Crippen molar-refractivity contribution in [3.63, 3.8) is 0 Å². The summed E-state index contributed by atoms with van der Waals surface area (Å²) in [5.41, 5.74) is 0.438. The molecule has 0 bridgehead atoms. The third-order valence-electron chi connectivity index (χ3n) is 6.24. The lowest BCUT2D eigenvalue weighted by Crippen LogP contribution is -2.54. The minimum atomic E-state index is -4.31. The van der Waals surface area contributed by atoms with E-state index in [1.165, 1.54) is 61.6 Å². The summed E-state index contributed by atoms with van der Waals surface area (Å²) < 4.78 is 40.5. The maximum absolute atomic E-state index is 14.1. The maximum atomic E-state index is 14.1. The number of anilines is 1. The summed E-state index contributed by atoms with van der Waals surface area (Å²) in [4.78, 5) is 28.5. The van der Waals surface area contributed by atoms with Gasteiger partial charge in [0.1, 0.15) is 12.6 Å². The first-order chi connectivity index (χ1) is 19.7. The highest BCUT2D eigenvalue weighted by Gasteiger charge is 2.34. The highest BCUT2D eigenvalue weighted by atomic mass is 79.9. The molecule has 0 aliphatic carbocycles. The van der Waals surface area contributed by atoms with Crippen LogP contribution in [-0.4, -0.2) is 57.5 Å². The monoisotopic (exact) mass is 679 g/mol. The fraction of sp³-hybridized carbons (Fsp3) is 0.333. The molecule has 2 amide bonds. The first-order valence-corrected chi connectivity index (χ1v) is 15.6. The van der Waals surface area contributed by atoms with Crippen LogP contribution in [0.3, 0.4) is 0 Å². The molecule has 0 heterocycles. The van der Waals surface area contributed by atoms with Crippen molar-refractivity contribution >= 4 is 55.1 Å². The van der Waals surface area contributed by atoms with Gasteiger partial charge in [-0.2, -0.15) is 0 Å². The Morgan fingerprint density at radius 2 is 1.62 bits per heavy atom. The minimum absolute atomic E-state index is 0.0713. The predicted octanol–water partition coefficient (Wildman–Crippen LogP) is 5.65. The second kappa shape index (κ2) is 13.8. The summed E-state index contributed by atoms with van der Waals surface area (Å²) in [7, 11) is -1.46. The van der Waals surface area contributed by atoms with Gasteiger partial charge in [0.2, 0.25) is 11.8 Å². The first kappa shape index (κ1) is 33.2. The molecule has 9 nitrogen and oxygen atoms in total. The van der Waals surface area contributed by atoms with Crippen molar-refractivity contribution < 1.29 is 27.5 Å². The number of hydrogen-bond donors (Lipinski definition) is 1. The number of amides is 2. The number of nitrogens with one attached hydrogen (secondary N) is 1. The van der Waals surface area contributed by atoms with Crippen molar-refractivity contribution in [2.24, 2.45) is 0 Å². The van der Waals surface area contributed by atoms with Crippen LogP contribution in [0.5, 0.6) is 11.5 Å². The van der Waals surface area contributed by atoms with Crippen molar-refractivity contribution in [1.29, 1.82) is 0 Å². The quantitative estimate of drug-likeness (QED) is 0.281. The van der Waals surface area contributed by atoms with E-state index in [0.29, 0.717) is 10.8 Å². The number of hydrogen-bond acceptors (Lipinski definition) is 6. The standard InChI is InChI=1S/C30H35BrClN3O6S/c1-20(29(37)33-30(2,3)4)34(18-21-8-7-9-22(31)16-21)28(36)19-35(24-12-10-23(32)11-13-24)42(38,39)25-14-15-26(40-5)27(17-25)41-6/h7-17,20H,18-19H2,1-6H3,(H,33,37). The Hall–Kier alpha value is -3.28. The lowest BCUT2D eigenvalue weighted by atomic mass is 10.1. The van der Waals surface area contributed by atoms with Crippen LogP contribution in [0.15, 0.2) is 76.1 Å². The molecular weight excluding hydrogens is 646 g/mol. The van der Waals surface area contributed by atoms with Gasteiger partial charge >= 0.3 is 0 Å². The summed E-state index contributed by atoms with van der Waals surface area (Å²) in [6, 6.07) is 16.7. The number of nitrogens with zero attached hydrogens (tertiary/aromatic N) is 2. The number of ether oxygens (including phenoxy) is 2. The number of carbonyl (C=O) groups excluding carboxylic acids is 2. The maximum Gasteiger partial charge on any atom is 0.264 e. The first-order valence-electron chi connectivity index (χ1n) is 13.0. The molecule has 0 aliphatic rings. The zero-order chi connectivity index (χ0) is 31.2. The van der Waals surface area contributed by atoms with Crippen LogP contribution in [-0.2, 0) is 26.2 Å². The van der Waals surface area contributed by atoms with Crippen molar-refractivity contribution in [1.82, 2.24) is 10.2 Å². The molecule has 1 atom stereocenters. The lowest BCUT2D eigenvalue weighted by Gasteiger charge is -2.33. The molecule has 0 saturated carbocycles. The summed E-state index contributed by atoms with van der Waals surface area (Å²) in [6.07, 6.45) is 0. The normalized spacial score (nSPS) is 12.3. The van der Waals surface area contributed by atoms with E-state index in [4.69, 9.17) is 21.1 Å². The molecular formula is C30H35BrClN3O6S. The van der Waals surface area contributed by atoms with E-state index in [-0.39, 0.29) is 28.8 Å². The van der Waals surface area contributed by atoms with Crippen LogP contribution in [0.25, 0.3) is 0 Å². The third-order valence-corrected chi connectivity index (χ3v) is 8.76. The molecule has 0 saturated heterocycles. The van der Waals surface area contributed by atoms with E-state index in [1.807, 2.05) is 45.0 Å². The molecule has 0 fully saturated rings. The van der Waals surface area contributed by atoms with Gasteiger partial charge in [0, 0.05) is 27.6 Å². The Bertz CT molecular complexity index is 1530. The highest BCUT2D eigenvalue weighted by Crippen LogP contribution is 2.33. The molecule has 1 unspecified atom stereocenters. The van der Waals surface area contributed by atoms with Crippen LogP contribution in [0.2, 0.25) is 5.02 Å². The SMILES string of the molecule is COc1ccc(S(=O)(=O)N(CC(=O)N(Cc2cccc(Br)c2)C(C)C(=O)NC(C)(C)C)c2ccc(Cl)cc2)cc1OC. The Balaban J connectivity index is 2.08. The number of sulfonamides is 1.